The Bertz CT molecular complexity index is 777. The second-order valence-electron chi connectivity index (χ2n) is 5.47. The molecule has 6 heteroatoms. The van der Waals surface area contributed by atoms with Crippen LogP contribution in [0.2, 0.25) is 0 Å². The van der Waals surface area contributed by atoms with Crippen LogP contribution in [0.25, 0.3) is 0 Å². The van der Waals surface area contributed by atoms with Gasteiger partial charge in [-0.3, -0.25) is 9.36 Å². The van der Waals surface area contributed by atoms with Crippen molar-refractivity contribution in [3.8, 4) is 0 Å². The van der Waals surface area contributed by atoms with Gasteiger partial charge in [0.15, 0.2) is 0 Å². The normalized spacial score (nSPS) is 12.4. The Morgan fingerprint density at radius 2 is 2.00 bits per heavy atom. The molecule has 0 fully saturated rings. The van der Waals surface area contributed by atoms with Gasteiger partial charge in [0, 0.05) is 38.9 Å². The molecule has 1 unspecified atom stereocenters. The van der Waals surface area contributed by atoms with Crippen LogP contribution in [0.15, 0.2) is 40.1 Å². The smallest absolute Gasteiger partial charge is 0.330 e. The quantitative estimate of drug-likeness (QED) is 0.828. The van der Waals surface area contributed by atoms with Crippen LogP contribution in [-0.2, 0) is 20.6 Å². The first kappa shape index (κ1) is 16.2. The lowest BCUT2D eigenvalue weighted by Gasteiger charge is -2.13. The third-order valence-electron chi connectivity index (χ3n) is 3.60. The fourth-order valence-corrected chi connectivity index (χ4v) is 2.34. The van der Waals surface area contributed by atoms with Crippen molar-refractivity contribution in [1.29, 1.82) is 0 Å². The molecule has 0 aliphatic rings. The van der Waals surface area contributed by atoms with E-state index in [4.69, 9.17) is 0 Å². The van der Waals surface area contributed by atoms with Gasteiger partial charge in [-0.05, 0) is 12.5 Å². The summed E-state index contributed by atoms with van der Waals surface area (Å²) in [4.78, 5) is 23.6. The monoisotopic (exact) mass is 303 g/mol. The molecule has 2 N–H and O–H groups in total. The Labute approximate surface area is 128 Å². The van der Waals surface area contributed by atoms with E-state index in [2.05, 4.69) is 5.32 Å². The van der Waals surface area contributed by atoms with Crippen molar-refractivity contribution in [2.45, 2.75) is 19.6 Å². The lowest BCUT2D eigenvalue weighted by Crippen LogP contribution is -2.39. The molecule has 0 saturated carbocycles. The second kappa shape index (κ2) is 6.72. The van der Waals surface area contributed by atoms with Crippen molar-refractivity contribution >= 4 is 0 Å². The van der Waals surface area contributed by atoms with Gasteiger partial charge in [0.2, 0.25) is 0 Å². The molecule has 118 valence electrons. The highest BCUT2D eigenvalue weighted by molar-refractivity contribution is 5.24. The summed E-state index contributed by atoms with van der Waals surface area (Å²) < 4.78 is 2.45. The van der Waals surface area contributed by atoms with Gasteiger partial charge < -0.3 is 15.0 Å². The van der Waals surface area contributed by atoms with Crippen LogP contribution in [0.4, 0.5) is 0 Å². The highest BCUT2D eigenvalue weighted by atomic mass is 16.3. The Morgan fingerprint density at radius 1 is 1.27 bits per heavy atom. The number of benzene rings is 1. The van der Waals surface area contributed by atoms with E-state index in [1.165, 1.54) is 17.8 Å². The molecule has 0 saturated heterocycles. The van der Waals surface area contributed by atoms with Crippen LogP contribution in [0.3, 0.4) is 0 Å². The molecule has 0 radical (unpaired) electrons. The zero-order valence-corrected chi connectivity index (χ0v) is 13.0. The van der Waals surface area contributed by atoms with Crippen LogP contribution in [0, 0.1) is 6.92 Å². The topological polar surface area (TPSA) is 76.3 Å². The Morgan fingerprint density at radius 3 is 2.68 bits per heavy atom. The number of aliphatic hydroxyl groups excluding tert-OH is 1. The highest BCUT2D eigenvalue weighted by Gasteiger charge is 2.09. The van der Waals surface area contributed by atoms with Crippen LogP contribution >= 0.6 is 0 Å². The summed E-state index contributed by atoms with van der Waals surface area (Å²) in [6.45, 7) is 2.59. The van der Waals surface area contributed by atoms with Gasteiger partial charge in [0.05, 0.1) is 6.10 Å². The maximum Gasteiger partial charge on any atom is 0.330 e. The summed E-state index contributed by atoms with van der Waals surface area (Å²) in [5, 5.41) is 13.2. The minimum Gasteiger partial charge on any atom is -0.387 e. The van der Waals surface area contributed by atoms with Crippen molar-refractivity contribution in [3.05, 3.63) is 68.0 Å². The van der Waals surface area contributed by atoms with Gasteiger partial charge in [-0.15, -0.1) is 0 Å². The summed E-state index contributed by atoms with van der Waals surface area (Å²) in [6, 6.07) is 7.66. The van der Waals surface area contributed by atoms with Crippen LogP contribution in [-0.4, -0.2) is 20.8 Å². The lowest BCUT2D eigenvalue weighted by molar-refractivity contribution is 0.174. The molecule has 0 aliphatic heterocycles. The minimum atomic E-state index is -0.642. The van der Waals surface area contributed by atoms with Gasteiger partial charge in [-0.1, -0.05) is 29.8 Å². The van der Waals surface area contributed by atoms with E-state index in [0.29, 0.717) is 18.7 Å². The van der Waals surface area contributed by atoms with E-state index < -0.39 is 6.10 Å². The summed E-state index contributed by atoms with van der Waals surface area (Å²) in [5.74, 6) is 0. The predicted octanol–water partition coefficient (Wildman–Crippen LogP) is 0.216. The van der Waals surface area contributed by atoms with E-state index in [-0.39, 0.29) is 11.2 Å². The maximum absolute atomic E-state index is 12.0. The molecular weight excluding hydrogens is 282 g/mol. The molecule has 6 nitrogen and oxygen atoms in total. The largest absolute Gasteiger partial charge is 0.387 e. The Balaban J connectivity index is 2.03. The Kier molecular flexibility index (Phi) is 4.95. The zero-order valence-electron chi connectivity index (χ0n) is 13.0. The van der Waals surface area contributed by atoms with Crippen LogP contribution in [0.5, 0.6) is 0 Å². The first-order chi connectivity index (χ1) is 10.4. The van der Waals surface area contributed by atoms with Gasteiger partial charge >= 0.3 is 5.69 Å². The number of aryl methyl sites for hydroxylation is 2. The van der Waals surface area contributed by atoms with Crippen molar-refractivity contribution in [3.63, 3.8) is 0 Å². The number of aromatic nitrogens is 2. The number of rotatable bonds is 5. The van der Waals surface area contributed by atoms with Gasteiger partial charge in [-0.25, -0.2) is 4.79 Å². The standard InChI is InChI=1S/C16H21N3O3/c1-11-5-4-6-12(7-11)14(20)9-17-8-13-10-18(2)16(22)19(3)15(13)21/h4-7,10,14,17,20H,8-9H2,1-3H3. The summed E-state index contributed by atoms with van der Waals surface area (Å²) >= 11 is 0. The summed E-state index contributed by atoms with van der Waals surface area (Å²) in [7, 11) is 3.06. The van der Waals surface area contributed by atoms with Crippen LogP contribution in [0.1, 0.15) is 22.8 Å². The highest BCUT2D eigenvalue weighted by Crippen LogP contribution is 2.13. The minimum absolute atomic E-state index is 0.295. The molecule has 1 aromatic carbocycles. The number of nitrogens with zero attached hydrogens (tertiary/aromatic N) is 2. The first-order valence-corrected chi connectivity index (χ1v) is 7.11. The first-order valence-electron chi connectivity index (χ1n) is 7.11. The average Bonchev–Trinajstić information content (AvgIpc) is 2.50. The molecule has 1 heterocycles. The van der Waals surface area contributed by atoms with Crippen molar-refractivity contribution in [1.82, 2.24) is 14.5 Å². The average molecular weight is 303 g/mol. The fraction of sp³-hybridized carbons (Fsp3) is 0.375. The molecule has 2 rings (SSSR count). The number of hydrogen-bond donors (Lipinski definition) is 2. The fourth-order valence-electron chi connectivity index (χ4n) is 2.34. The van der Waals surface area contributed by atoms with E-state index in [0.717, 1.165) is 15.7 Å². The van der Waals surface area contributed by atoms with E-state index in [1.807, 2.05) is 31.2 Å². The SMILES string of the molecule is Cc1cccc(C(O)CNCc2cn(C)c(=O)n(C)c2=O)c1. The summed E-state index contributed by atoms with van der Waals surface area (Å²) in [6.07, 6.45) is 0.882. The van der Waals surface area contributed by atoms with E-state index in [9.17, 15) is 14.7 Å². The van der Waals surface area contributed by atoms with Crippen molar-refractivity contribution < 1.29 is 5.11 Å². The molecule has 2 aromatic rings. The van der Waals surface area contributed by atoms with E-state index in [1.54, 1.807) is 7.05 Å². The summed E-state index contributed by atoms with van der Waals surface area (Å²) in [5.41, 5.74) is 1.74. The molecule has 0 amide bonds. The van der Waals surface area contributed by atoms with Crippen molar-refractivity contribution in [2.24, 2.45) is 14.1 Å². The molecular formula is C16H21N3O3. The second-order valence-corrected chi connectivity index (χ2v) is 5.47. The maximum atomic E-state index is 12.0. The van der Waals surface area contributed by atoms with Crippen LogP contribution < -0.4 is 16.6 Å². The molecule has 22 heavy (non-hydrogen) atoms. The molecule has 0 spiro atoms. The molecule has 0 aliphatic carbocycles. The Hall–Kier alpha value is -2.18. The van der Waals surface area contributed by atoms with Gasteiger partial charge in [0.25, 0.3) is 5.56 Å². The van der Waals surface area contributed by atoms with Gasteiger partial charge in [0.1, 0.15) is 0 Å². The van der Waals surface area contributed by atoms with Crippen molar-refractivity contribution in [2.75, 3.05) is 6.54 Å². The predicted molar refractivity (Wildman–Crippen MR) is 84.8 cm³/mol. The lowest BCUT2D eigenvalue weighted by atomic mass is 10.1. The third kappa shape index (κ3) is 3.52. The van der Waals surface area contributed by atoms with E-state index >= 15 is 0 Å². The number of aliphatic hydroxyl groups is 1. The molecule has 1 aromatic heterocycles. The molecule has 0 bridgehead atoms. The van der Waals surface area contributed by atoms with Gasteiger partial charge in [-0.2, -0.15) is 0 Å². The number of hydrogen-bond acceptors (Lipinski definition) is 4. The zero-order chi connectivity index (χ0) is 16.3. The number of nitrogens with one attached hydrogen (secondary N) is 1. The molecule has 1 atom stereocenters. The third-order valence-corrected chi connectivity index (χ3v) is 3.60.